The standard InChI is InChI=1S/C18H19ClN2O3S/c19-16-3-1-2-4-18(16)25(22,23)21-8-7-14-5-6-15(13-17(14)21)20-9-11-24-12-10-20/h1-6,13H,7-12H2. The monoisotopic (exact) mass is 378 g/mol. The molecule has 0 radical (unpaired) electrons. The number of rotatable bonds is 3. The van der Waals surface area contributed by atoms with Crippen LogP contribution < -0.4 is 9.21 Å². The Bertz CT molecular complexity index is 895. The Morgan fingerprint density at radius 1 is 1.00 bits per heavy atom. The summed E-state index contributed by atoms with van der Waals surface area (Å²) in [5.74, 6) is 0. The molecule has 1 fully saturated rings. The van der Waals surface area contributed by atoms with Gasteiger partial charge >= 0.3 is 0 Å². The summed E-state index contributed by atoms with van der Waals surface area (Å²) in [7, 11) is -3.67. The van der Waals surface area contributed by atoms with E-state index in [1.807, 2.05) is 12.1 Å². The number of ether oxygens (including phenoxy) is 1. The van der Waals surface area contributed by atoms with Gasteiger partial charge in [-0.05, 0) is 36.2 Å². The number of fused-ring (bicyclic) bond motifs is 1. The lowest BCUT2D eigenvalue weighted by Gasteiger charge is -2.30. The Labute approximate surface area is 152 Å². The van der Waals surface area contributed by atoms with Crippen molar-refractivity contribution >= 4 is 33.0 Å². The minimum Gasteiger partial charge on any atom is -0.378 e. The van der Waals surface area contributed by atoms with Crippen LogP contribution >= 0.6 is 11.6 Å². The Hall–Kier alpha value is -1.76. The van der Waals surface area contributed by atoms with Gasteiger partial charge in [-0.25, -0.2) is 8.42 Å². The van der Waals surface area contributed by atoms with Crippen LogP contribution in [0.25, 0.3) is 0 Å². The molecule has 0 amide bonds. The molecule has 4 rings (SSSR count). The van der Waals surface area contributed by atoms with E-state index in [4.69, 9.17) is 16.3 Å². The molecule has 1 saturated heterocycles. The Balaban J connectivity index is 1.72. The van der Waals surface area contributed by atoms with Crippen LogP contribution in [0, 0.1) is 0 Å². The van der Waals surface area contributed by atoms with Crippen molar-refractivity contribution in [2.24, 2.45) is 0 Å². The molecule has 0 atom stereocenters. The van der Waals surface area contributed by atoms with Gasteiger partial charge in [-0.15, -0.1) is 0 Å². The summed E-state index contributed by atoms with van der Waals surface area (Å²) < 4.78 is 33.1. The first-order valence-corrected chi connectivity index (χ1v) is 10.1. The van der Waals surface area contributed by atoms with Crippen LogP contribution in [0.2, 0.25) is 5.02 Å². The van der Waals surface area contributed by atoms with Crippen molar-refractivity contribution in [2.75, 3.05) is 42.1 Å². The molecule has 2 heterocycles. The van der Waals surface area contributed by atoms with E-state index >= 15 is 0 Å². The van der Waals surface area contributed by atoms with Crippen LogP contribution in [0.3, 0.4) is 0 Å². The van der Waals surface area contributed by atoms with E-state index < -0.39 is 10.0 Å². The highest BCUT2D eigenvalue weighted by atomic mass is 35.5. The zero-order chi connectivity index (χ0) is 17.4. The predicted molar refractivity (Wildman–Crippen MR) is 99.2 cm³/mol. The lowest BCUT2D eigenvalue weighted by atomic mass is 10.1. The molecule has 0 unspecified atom stereocenters. The van der Waals surface area contributed by atoms with Gasteiger partial charge in [0.1, 0.15) is 4.90 Å². The summed E-state index contributed by atoms with van der Waals surface area (Å²) in [6.45, 7) is 3.46. The summed E-state index contributed by atoms with van der Waals surface area (Å²) >= 11 is 6.14. The van der Waals surface area contributed by atoms with Crippen LogP contribution in [0.4, 0.5) is 11.4 Å². The Morgan fingerprint density at radius 3 is 2.52 bits per heavy atom. The second-order valence-corrected chi connectivity index (χ2v) is 8.41. The fourth-order valence-electron chi connectivity index (χ4n) is 3.38. The molecule has 2 aromatic carbocycles. The van der Waals surface area contributed by atoms with Crippen molar-refractivity contribution in [1.82, 2.24) is 0 Å². The van der Waals surface area contributed by atoms with Gasteiger partial charge in [0.05, 0.1) is 23.9 Å². The number of halogens is 1. The average Bonchev–Trinajstić information content (AvgIpc) is 3.06. The molecule has 2 aromatic rings. The largest absolute Gasteiger partial charge is 0.378 e. The van der Waals surface area contributed by atoms with Crippen molar-refractivity contribution in [1.29, 1.82) is 0 Å². The zero-order valence-electron chi connectivity index (χ0n) is 13.7. The average molecular weight is 379 g/mol. The van der Waals surface area contributed by atoms with Crippen LogP contribution in [0.15, 0.2) is 47.4 Å². The number of nitrogens with zero attached hydrogens (tertiary/aromatic N) is 2. The summed E-state index contributed by atoms with van der Waals surface area (Å²) in [5.41, 5.74) is 2.83. The van der Waals surface area contributed by atoms with Gasteiger partial charge in [0.15, 0.2) is 0 Å². The van der Waals surface area contributed by atoms with Crippen LogP contribution in [0.5, 0.6) is 0 Å². The molecular formula is C18H19ClN2O3S. The second kappa shape index (κ2) is 6.52. The quantitative estimate of drug-likeness (QED) is 0.824. The Kier molecular flexibility index (Phi) is 4.35. The Morgan fingerprint density at radius 2 is 1.76 bits per heavy atom. The molecule has 132 valence electrons. The molecule has 2 aliphatic rings. The third kappa shape index (κ3) is 2.99. The summed E-state index contributed by atoms with van der Waals surface area (Å²) in [6, 6.07) is 12.7. The minimum atomic E-state index is -3.67. The molecule has 0 aromatic heterocycles. The second-order valence-electron chi connectivity index (χ2n) is 6.17. The number of benzene rings is 2. The van der Waals surface area contributed by atoms with E-state index in [9.17, 15) is 8.42 Å². The van der Waals surface area contributed by atoms with Crippen molar-refractivity contribution in [3.05, 3.63) is 53.1 Å². The van der Waals surface area contributed by atoms with Crippen LogP contribution in [0.1, 0.15) is 5.56 Å². The highest BCUT2D eigenvalue weighted by Crippen LogP contribution is 2.37. The SMILES string of the molecule is O=S(=O)(c1ccccc1Cl)N1CCc2ccc(N3CCOCC3)cc21. The van der Waals surface area contributed by atoms with Crippen molar-refractivity contribution in [3.63, 3.8) is 0 Å². The summed E-state index contributed by atoms with van der Waals surface area (Å²) in [4.78, 5) is 2.38. The normalized spacial score (nSPS) is 17.6. The number of morpholine rings is 1. The smallest absolute Gasteiger partial charge is 0.265 e. The zero-order valence-corrected chi connectivity index (χ0v) is 15.3. The minimum absolute atomic E-state index is 0.154. The van der Waals surface area contributed by atoms with Gasteiger partial charge in [0, 0.05) is 25.3 Å². The molecule has 25 heavy (non-hydrogen) atoms. The van der Waals surface area contributed by atoms with E-state index in [0.29, 0.717) is 26.2 Å². The molecule has 2 aliphatic heterocycles. The van der Waals surface area contributed by atoms with Crippen molar-refractivity contribution in [3.8, 4) is 0 Å². The molecule has 0 aliphatic carbocycles. The van der Waals surface area contributed by atoms with Gasteiger partial charge in [-0.1, -0.05) is 29.8 Å². The van der Waals surface area contributed by atoms with Crippen molar-refractivity contribution in [2.45, 2.75) is 11.3 Å². The summed E-state index contributed by atoms with van der Waals surface area (Å²) in [5, 5.41) is 0.250. The maximum absolute atomic E-state index is 13.1. The van der Waals surface area contributed by atoms with Gasteiger partial charge in [0.25, 0.3) is 10.0 Å². The molecule has 0 spiro atoms. The molecule has 0 saturated carbocycles. The van der Waals surface area contributed by atoms with E-state index in [2.05, 4.69) is 11.0 Å². The molecular weight excluding hydrogens is 360 g/mol. The highest BCUT2D eigenvalue weighted by Gasteiger charge is 2.32. The number of hydrogen-bond acceptors (Lipinski definition) is 4. The third-order valence-corrected chi connectivity index (χ3v) is 7.02. The van der Waals surface area contributed by atoms with Gasteiger partial charge in [0.2, 0.25) is 0 Å². The van der Waals surface area contributed by atoms with Crippen molar-refractivity contribution < 1.29 is 13.2 Å². The van der Waals surface area contributed by atoms with E-state index in [-0.39, 0.29) is 9.92 Å². The van der Waals surface area contributed by atoms with Gasteiger partial charge in [-0.3, -0.25) is 4.31 Å². The number of sulfonamides is 1. The molecule has 5 nitrogen and oxygen atoms in total. The van der Waals surface area contributed by atoms with Gasteiger partial charge < -0.3 is 9.64 Å². The van der Waals surface area contributed by atoms with E-state index in [1.54, 1.807) is 24.3 Å². The summed E-state index contributed by atoms with van der Waals surface area (Å²) in [6.07, 6.45) is 0.711. The fraction of sp³-hybridized carbons (Fsp3) is 0.333. The topological polar surface area (TPSA) is 49.9 Å². The lowest BCUT2D eigenvalue weighted by Crippen LogP contribution is -2.36. The number of anilines is 2. The van der Waals surface area contributed by atoms with Crippen LogP contribution in [-0.4, -0.2) is 41.3 Å². The highest BCUT2D eigenvalue weighted by molar-refractivity contribution is 7.93. The van der Waals surface area contributed by atoms with E-state index in [1.165, 1.54) is 4.31 Å². The lowest BCUT2D eigenvalue weighted by molar-refractivity contribution is 0.122. The third-order valence-electron chi connectivity index (χ3n) is 4.70. The first-order chi connectivity index (χ1) is 12.1. The predicted octanol–water partition coefficient (Wildman–Crippen LogP) is 2.93. The maximum atomic E-state index is 13.1. The molecule has 7 heteroatoms. The van der Waals surface area contributed by atoms with E-state index in [0.717, 1.165) is 30.0 Å². The first-order valence-electron chi connectivity index (χ1n) is 8.30. The molecule has 0 N–H and O–H groups in total. The first kappa shape index (κ1) is 16.7. The molecule has 0 bridgehead atoms. The fourth-order valence-corrected chi connectivity index (χ4v) is 5.37. The van der Waals surface area contributed by atoms with Gasteiger partial charge in [-0.2, -0.15) is 0 Å². The maximum Gasteiger partial charge on any atom is 0.265 e. The number of hydrogen-bond donors (Lipinski definition) is 0. The van der Waals surface area contributed by atoms with Crippen LogP contribution in [-0.2, 0) is 21.2 Å².